The van der Waals surface area contributed by atoms with Crippen LogP contribution < -0.4 is 10.6 Å². The second kappa shape index (κ2) is 9.26. The zero-order valence-electron chi connectivity index (χ0n) is 17.4. The molecule has 162 valence electrons. The van der Waals surface area contributed by atoms with E-state index >= 15 is 0 Å². The van der Waals surface area contributed by atoms with Gasteiger partial charge < -0.3 is 15.7 Å². The first-order valence-corrected chi connectivity index (χ1v) is 10.8. The minimum absolute atomic E-state index is 0.143. The van der Waals surface area contributed by atoms with E-state index in [2.05, 4.69) is 25.6 Å². The molecule has 2 aromatic heterocycles. The predicted octanol–water partition coefficient (Wildman–Crippen LogP) is 4.98. The molecule has 4 rings (SSSR count). The normalized spacial score (nSPS) is 18.9. The number of nitrogens with one attached hydrogen (secondary N) is 2. The number of rotatable bonds is 5. The van der Waals surface area contributed by atoms with Gasteiger partial charge in [0.15, 0.2) is 5.82 Å². The standard InChI is InChI=1S/C23H25ClFN5O/c1-13(2)16-12-28-22(15-10-14(24)5-6-18(15)25)30-23(16)29-19-7-9-26-11-17(19)21-20(31)4-3-8-27-21/h5-7,9-13,20-21,27,31H,3-4,8H2,1-2H3,(H,26,28,29,30). The SMILES string of the molecule is CC(C)c1cnc(-c2cc(Cl)ccc2F)nc1Nc1ccncc1C1NCCCC1O. The Morgan fingerprint density at radius 2 is 2.10 bits per heavy atom. The summed E-state index contributed by atoms with van der Waals surface area (Å²) >= 11 is 6.06. The van der Waals surface area contributed by atoms with E-state index in [1.807, 2.05) is 19.9 Å². The van der Waals surface area contributed by atoms with Gasteiger partial charge in [-0.2, -0.15) is 0 Å². The maximum absolute atomic E-state index is 14.4. The van der Waals surface area contributed by atoms with Crippen molar-refractivity contribution in [1.82, 2.24) is 20.3 Å². The van der Waals surface area contributed by atoms with Gasteiger partial charge in [-0.1, -0.05) is 25.4 Å². The lowest BCUT2D eigenvalue weighted by molar-refractivity contribution is 0.0966. The Bertz CT molecular complexity index is 1080. The van der Waals surface area contributed by atoms with Crippen LogP contribution in [0.4, 0.5) is 15.9 Å². The average molecular weight is 442 g/mol. The molecule has 1 aliphatic heterocycles. The van der Waals surface area contributed by atoms with Gasteiger partial charge in [-0.15, -0.1) is 0 Å². The summed E-state index contributed by atoms with van der Waals surface area (Å²) in [6.07, 6.45) is 6.32. The molecule has 0 spiro atoms. The number of pyridine rings is 1. The van der Waals surface area contributed by atoms with Gasteiger partial charge in [0.05, 0.1) is 17.7 Å². The number of hydrogen-bond acceptors (Lipinski definition) is 6. The number of benzene rings is 1. The number of anilines is 2. The molecule has 2 unspecified atom stereocenters. The van der Waals surface area contributed by atoms with Crippen molar-refractivity contribution in [2.24, 2.45) is 0 Å². The summed E-state index contributed by atoms with van der Waals surface area (Å²) in [5, 5.41) is 17.7. The number of nitrogens with zero attached hydrogens (tertiary/aromatic N) is 3. The third-order valence-corrected chi connectivity index (χ3v) is 5.71. The fraction of sp³-hybridized carbons (Fsp3) is 0.348. The van der Waals surface area contributed by atoms with Crippen LogP contribution in [0.5, 0.6) is 0 Å². The van der Waals surface area contributed by atoms with Gasteiger partial charge in [0.2, 0.25) is 0 Å². The third-order valence-electron chi connectivity index (χ3n) is 5.47. The lowest BCUT2D eigenvalue weighted by Crippen LogP contribution is -2.38. The van der Waals surface area contributed by atoms with Crippen LogP contribution in [0.15, 0.2) is 42.9 Å². The molecule has 3 N–H and O–H groups in total. The minimum atomic E-state index is -0.496. The van der Waals surface area contributed by atoms with Crippen molar-refractivity contribution in [3.8, 4) is 11.4 Å². The topological polar surface area (TPSA) is 83.0 Å². The molecule has 2 atom stereocenters. The molecule has 1 saturated heterocycles. The Labute approximate surface area is 185 Å². The summed E-state index contributed by atoms with van der Waals surface area (Å²) < 4.78 is 14.4. The lowest BCUT2D eigenvalue weighted by Gasteiger charge is -2.30. The Morgan fingerprint density at radius 1 is 1.26 bits per heavy atom. The van der Waals surface area contributed by atoms with Gasteiger partial charge in [0, 0.05) is 40.4 Å². The van der Waals surface area contributed by atoms with Gasteiger partial charge in [0.1, 0.15) is 11.6 Å². The number of aromatic nitrogens is 3. The predicted molar refractivity (Wildman–Crippen MR) is 120 cm³/mol. The van der Waals surface area contributed by atoms with E-state index in [9.17, 15) is 9.50 Å². The summed E-state index contributed by atoms with van der Waals surface area (Å²) in [5.41, 5.74) is 2.78. The molecule has 6 nitrogen and oxygen atoms in total. The highest BCUT2D eigenvalue weighted by Gasteiger charge is 2.27. The highest BCUT2D eigenvalue weighted by molar-refractivity contribution is 6.30. The minimum Gasteiger partial charge on any atom is -0.391 e. The van der Waals surface area contributed by atoms with Gasteiger partial charge in [-0.05, 0) is 49.6 Å². The molecule has 3 heterocycles. The van der Waals surface area contributed by atoms with E-state index in [-0.39, 0.29) is 23.3 Å². The van der Waals surface area contributed by atoms with Crippen LogP contribution in [0.2, 0.25) is 5.02 Å². The van der Waals surface area contributed by atoms with Crippen molar-refractivity contribution in [3.63, 3.8) is 0 Å². The van der Waals surface area contributed by atoms with Crippen LogP contribution in [0, 0.1) is 5.82 Å². The Morgan fingerprint density at radius 3 is 2.87 bits per heavy atom. The first-order chi connectivity index (χ1) is 14.9. The van der Waals surface area contributed by atoms with Crippen LogP contribution in [0.1, 0.15) is 49.8 Å². The van der Waals surface area contributed by atoms with Crippen LogP contribution >= 0.6 is 11.6 Å². The molecule has 0 saturated carbocycles. The summed E-state index contributed by atoms with van der Waals surface area (Å²) in [4.78, 5) is 13.3. The summed E-state index contributed by atoms with van der Waals surface area (Å²) in [5.74, 6) is 0.534. The lowest BCUT2D eigenvalue weighted by atomic mass is 9.94. The summed E-state index contributed by atoms with van der Waals surface area (Å²) in [6.45, 7) is 4.92. The third kappa shape index (κ3) is 4.69. The first kappa shape index (κ1) is 21.6. The summed E-state index contributed by atoms with van der Waals surface area (Å²) in [7, 11) is 0. The van der Waals surface area contributed by atoms with Crippen LogP contribution in [0.3, 0.4) is 0 Å². The van der Waals surface area contributed by atoms with E-state index in [0.29, 0.717) is 10.8 Å². The number of piperidine rings is 1. The van der Waals surface area contributed by atoms with Crippen molar-refractivity contribution >= 4 is 23.1 Å². The van der Waals surface area contributed by atoms with Crippen LogP contribution in [-0.4, -0.2) is 32.7 Å². The summed E-state index contributed by atoms with van der Waals surface area (Å²) in [6, 6.07) is 5.95. The molecule has 0 aliphatic carbocycles. The van der Waals surface area contributed by atoms with Gasteiger partial charge >= 0.3 is 0 Å². The number of halogens is 2. The van der Waals surface area contributed by atoms with Crippen molar-refractivity contribution in [2.45, 2.75) is 44.8 Å². The van der Waals surface area contributed by atoms with Gasteiger partial charge in [-0.25, -0.2) is 14.4 Å². The van der Waals surface area contributed by atoms with Gasteiger partial charge in [0.25, 0.3) is 0 Å². The first-order valence-electron chi connectivity index (χ1n) is 10.4. The highest BCUT2D eigenvalue weighted by Crippen LogP contribution is 2.33. The fourth-order valence-corrected chi connectivity index (χ4v) is 3.97. The Hall–Kier alpha value is -2.61. The van der Waals surface area contributed by atoms with Crippen molar-refractivity contribution in [1.29, 1.82) is 0 Å². The molecule has 0 bridgehead atoms. The number of aliphatic hydroxyl groups is 1. The Kier molecular flexibility index (Phi) is 6.46. The molecule has 1 aliphatic rings. The quantitative estimate of drug-likeness (QED) is 0.517. The zero-order chi connectivity index (χ0) is 22.0. The number of hydrogen-bond donors (Lipinski definition) is 3. The molecule has 0 radical (unpaired) electrons. The van der Waals surface area contributed by atoms with Gasteiger partial charge in [-0.3, -0.25) is 4.98 Å². The van der Waals surface area contributed by atoms with Crippen LogP contribution in [0.25, 0.3) is 11.4 Å². The van der Waals surface area contributed by atoms with E-state index in [1.165, 1.54) is 18.2 Å². The van der Waals surface area contributed by atoms with E-state index in [0.717, 1.165) is 36.2 Å². The largest absolute Gasteiger partial charge is 0.391 e. The molecule has 1 fully saturated rings. The Balaban J connectivity index is 1.75. The number of aliphatic hydroxyl groups excluding tert-OH is 1. The molecule has 31 heavy (non-hydrogen) atoms. The molecule has 1 aromatic carbocycles. The smallest absolute Gasteiger partial charge is 0.164 e. The second-order valence-corrected chi connectivity index (χ2v) is 8.44. The van der Waals surface area contributed by atoms with E-state index < -0.39 is 11.9 Å². The fourth-order valence-electron chi connectivity index (χ4n) is 3.80. The molecule has 3 aromatic rings. The maximum atomic E-state index is 14.4. The molecule has 8 heteroatoms. The molecular weight excluding hydrogens is 417 g/mol. The molecule has 0 amide bonds. The van der Waals surface area contributed by atoms with E-state index in [1.54, 1.807) is 18.6 Å². The maximum Gasteiger partial charge on any atom is 0.164 e. The van der Waals surface area contributed by atoms with Crippen molar-refractivity contribution in [2.75, 3.05) is 11.9 Å². The zero-order valence-corrected chi connectivity index (χ0v) is 18.2. The van der Waals surface area contributed by atoms with Crippen molar-refractivity contribution in [3.05, 3.63) is 64.8 Å². The highest BCUT2D eigenvalue weighted by atomic mass is 35.5. The van der Waals surface area contributed by atoms with Crippen molar-refractivity contribution < 1.29 is 9.50 Å². The van der Waals surface area contributed by atoms with Crippen LogP contribution in [-0.2, 0) is 0 Å². The van der Waals surface area contributed by atoms with E-state index in [4.69, 9.17) is 11.6 Å². The molecular formula is C23H25ClFN5O. The second-order valence-electron chi connectivity index (χ2n) is 8.01. The monoisotopic (exact) mass is 441 g/mol. The average Bonchev–Trinajstić information content (AvgIpc) is 2.76.